The van der Waals surface area contributed by atoms with E-state index in [1.165, 1.54) is 10.6 Å². The third-order valence-corrected chi connectivity index (χ3v) is 6.99. The summed E-state index contributed by atoms with van der Waals surface area (Å²) in [5, 5.41) is 14.7. The Morgan fingerprint density at radius 3 is 3.04 bits per heavy atom. The standard InChI is InChI=1S/C17H19N7O2S/c1-2-27(25,26)23-8-5-17(11-23,4-6-18)24-10-13(9-22-24)15-14-3-7-19-16(14)21-12-20-15/h3,7,9-10,12H,2,4-5,8,11H2,1H3,(H,19,20,21). The number of fused-ring (bicyclic) bond motifs is 1. The van der Waals surface area contributed by atoms with Crippen LogP contribution < -0.4 is 0 Å². The molecule has 1 saturated heterocycles. The minimum Gasteiger partial charge on any atom is -0.346 e. The molecular weight excluding hydrogens is 366 g/mol. The quantitative estimate of drug-likeness (QED) is 0.710. The lowest BCUT2D eigenvalue weighted by Gasteiger charge is -2.27. The number of rotatable bonds is 5. The van der Waals surface area contributed by atoms with E-state index in [-0.39, 0.29) is 18.7 Å². The third kappa shape index (κ3) is 2.89. The van der Waals surface area contributed by atoms with Gasteiger partial charge >= 0.3 is 0 Å². The lowest BCUT2D eigenvalue weighted by Crippen LogP contribution is -2.39. The molecule has 0 radical (unpaired) electrons. The second-order valence-corrected chi connectivity index (χ2v) is 8.94. The van der Waals surface area contributed by atoms with Crippen LogP contribution in [-0.4, -0.2) is 56.3 Å². The lowest BCUT2D eigenvalue weighted by molar-refractivity contribution is 0.276. The van der Waals surface area contributed by atoms with Crippen LogP contribution in [0.5, 0.6) is 0 Å². The van der Waals surface area contributed by atoms with Gasteiger partial charge in [0, 0.05) is 36.4 Å². The fourth-order valence-electron chi connectivity index (χ4n) is 3.61. The highest BCUT2D eigenvalue weighted by Crippen LogP contribution is 2.35. The van der Waals surface area contributed by atoms with E-state index in [1.807, 2.05) is 12.3 Å². The molecule has 1 N–H and O–H groups in total. The maximum Gasteiger partial charge on any atom is 0.213 e. The van der Waals surface area contributed by atoms with Crippen LogP contribution in [0.1, 0.15) is 19.8 Å². The maximum atomic E-state index is 12.3. The number of aromatic amines is 1. The van der Waals surface area contributed by atoms with Gasteiger partial charge in [0.05, 0.1) is 35.7 Å². The highest BCUT2D eigenvalue weighted by Gasteiger charge is 2.44. The van der Waals surface area contributed by atoms with Gasteiger partial charge in [-0.1, -0.05) is 0 Å². The lowest BCUT2D eigenvalue weighted by atomic mass is 9.95. The number of nitriles is 1. The van der Waals surface area contributed by atoms with Crippen molar-refractivity contribution in [2.24, 2.45) is 0 Å². The number of aromatic nitrogens is 5. The van der Waals surface area contributed by atoms with E-state index in [4.69, 9.17) is 0 Å². The van der Waals surface area contributed by atoms with Crippen molar-refractivity contribution < 1.29 is 8.42 Å². The molecule has 4 heterocycles. The summed E-state index contributed by atoms with van der Waals surface area (Å²) in [6.07, 6.45) is 7.56. The highest BCUT2D eigenvalue weighted by molar-refractivity contribution is 7.89. The largest absolute Gasteiger partial charge is 0.346 e. The summed E-state index contributed by atoms with van der Waals surface area (Å²) in [7, 11) is -3.30. The molecule has 9 nitrogen and oxygen atoms in total. The highest BCUT2D eigenvalue weighted by atomic mass is 32.2. The number of sulfonamides is 1. The average molecular weight is 385 g/mol. The van der Waals surface area contributed by atoms with Gasteiger partial charge in [-0.25, -0.2) is 18.4 Å². The van der Waals surface area contributed by atoms with Crippen LogP contribution in [0.3, 0.4) is 0 Å². The molecule has 0 aliphatic carbocycles. The minimum absolute atomic E-state index is 0.0480. The fourth-order valence-corrected chi connectivity index (χ4v) is 4.78. The first kappa shape index (κ1) is 17.6. The first-order valence-corrected chi connectivity index (χ1v) is 10.3. The van der Waals surface area contributed by atoms with Crippen molar-refractivity contribution in [2.75, 3.05) is 18.8 Å². The Bertz CT molecular complexity index is 1130. The molecule has 0 saturated carbocycles. The van der Waals surface area contributed by atoms with Gasteiger partial charge in [0.1, 0.15) is 12.0 Å². The Hall–Kier alpha value is -2.77. The van der Waals surface area contributed by atoms with E-state index in [2.05, 4.69) is 26.1 Å². The second-order valence-electron chi connectivity index (χ2n) is 6.68. The van der Waals surface area contributed by atoms with Gasteiger partial charge in [-0.15, -0.1) is 0 Å². The Labute approximate surface area is 156 Å². The van der Waals surface area contributed by atoms with Crippen LogP contribution in [0.25, 0.3) is 22.3 Å². The summed E-state index contributed by atoms with van der Waals surface area (Å²) in [5.74, 6) is 0.0480. The normalized spacial score (nSPS) is 20.9. The molecule has 3 aromatic heterocycles. The van der Waals surface area contributed by atoms with E-state index in [0.717, 1.165) is 22.3 Å². The Morgan fingerprint density at radius 2 is 2.26 bits per heavy atom. The number of hydrogen-bond donors (Lipinski definition) is 1. The molecule has 1 aliphatic heterocycles. The van der Waals surface area contributed by atoms with E-state index >= 15 is 0 Å². The van der Waals surface area contributed by atoms with Crippen molar-refractivity contribution in [3.63, 3.8) is 0 Å². The maximum absolute atomic E-state index is 12.3. The van der Waals surface area contributed by atoms with Crippen molar-refractivity contribution in [1.29, 1.82) is 5.26 Å². The monoisotopic (exact) mass is 385 g/mol. The Kier molecular flexibility index (Phi) is 4.20. The molecule has 0 bridgehead atoms. The van der Waals surface area contributed by atoms with Crippen molar-refractivity contribution in [3.05, 3.63) is 31.0 Å². The van der Waals surface area contributed by atoms with Gasteiger partial charge in [0.25, 0.3) is 0 Å². The molecule has 0 aromatic carbocycles. The van der Waals surface area contributed by atoms with E-state index in [0.29, 0.717) is 13.0 Å². The van der Waals surface area contributed by atoms with Gasteiger partial charge in [-0.05, 0) is 19.4 Å². The number of hydrogen-bond acceptors (Lipinski definition) is 6. The van der Waals surface area contributed by atoms with E-state index in [1.54, 1.807) is 24.0 Å². The summed E-state index contributed by atoms with van der Waals surface area (Å²) in [5.41, 5.74) is 1.62. The molecule has 4 rings (SSSR count). The molecule has 140 valence electrons. The second kappa shape index (κ2) is 6.44. The zero-order chi connectivity index (χ0) is 19.1. The molecule has 3 aromatic rings. The van der Waals surface area contributed by atoms with Gasteiger partial charge < -0.3 is 4.98 Å². The third-order valence-electron chi connectivity index (χ3n) is 5.16. The summed E-state index contributed by atoms with van der Waals surface area (Å²) >= 11 is 0. The predicted octanol–water partition coefficient (Wildman–Crippen LogP) is 1.49. The molecule has 1 unspecified atom stereocenters. The number of H-pyrrole nitrogens is 1. The topological polar surface area (TPSA) is 121 Å². The molecule has 0 spiro atoms. The summed E-state index contributed by atoms with van der Waals surface area (Å²) in [6.45, 7) is 2.27. The van der Waals surface area contributed by atoms with Gasteiger partial charge in [0.15, 0.2) is 0 Å². The summed E-state index contributed by atoms with van der Waals surface area (Å²) < 4.78 is 27.7. The van der Waals surface area contributed by atoms with Crippen molar-refractivity contribution in [3.8, 4) is 17.3 Å². The first-order valence-electron chi connectivity index (χ1n) is 8.67. The smallest absolute Gasteiger partial charge is 0.213 e. The summed E-state index contributed by atoms with van der Waals surface area (Å²) in [4.78, 5) is 11.6. The van der Waals surface area contributed by atoms with Gasteiger partial charge in [-0.3, -0.25) is 4.68 Å². The average Bonchev–Trinajstić information content (AvgIpc) is 3.40. The van der Waals surface area contributed by atoms with Gasteiger partial charge in [0.2, 0.25) is 10.0 Å². The Morgan fingerprint density at radius 1 is 1.41 bits per heavy atom. The Balaban J connectivity index is 1.72. The minimum atomic E-state index is -3.30. The SMILES string of the molecule is CCS(=O)(=O)N1CCC(CC#N)(n2cc(-c3ncnc4[nH]ccc34)cn2)C1. The van der Waals surface area contributed by atoms with E-state index < -0.39 is 15.6 Å². The van der Waals surface area contributed by atoms with Crippen LogP contribution in [0.2, 0.25) is 0 Å². The molecule has 10 heteroatoms. The number of nitrogens with zero attached hydrogens (tertiary/aromatic N) is 6. The molecule has 0 amide bonds. The molecular formula is C17H19N7O2S. The summed E-state index contributed by atoms with van der Waals surface area (Å²) in [6, 6.07) is 4.10. The zero-order valence-electron chi connectivity index (χ0n) is 14.8. The van der Waals surface area contributed by atoms with Crippen LogP contribution in [0.4, 0.5) is 0 Å². The molecule has 1 atom stereocenters. The van der Waals surface area contributed by atoms with Crippen LogP contribution >= 0.6 is 0 Å². The molecule has 27 heavy (non-hydrogen) atoms. The fraction of sp³-hybridized carbons (Fsp3) is 0.412. The van der Waals surface area contributed by atoms with E-state index in [9.17, 15) is 13.7 Å². The zero-order valence-corrected chi connectivity index (χ0v) is 15.6. The molecule has 1 aliphatic rings. The van der Waals surface area contributed by atoms with Gasteiger partial charge in [-0.2, -0.15) is 14.7 Å². The molecule has 1 fully saturated rings. The van der Waals surface area contributed by atoms with Crippen LogP contribution in [0.15, 0.2) is 31.0 Å². The van der Waals surface area contributed by atoms with Crippen LogP contribution in [-0.2, 0) is 15.6 Å². The first-order chi connectivity index (χ1) is 13.0. The van der Waals surface area contributed by atoms with Crippen molar-refractivity contribution in [2.45, 2.75) is 25.3 Å². The van der Waals surface area contributed by atoms with Crippen molar-refractivity contribution >= 4 is 21.1 Å². The van der Waals surface area contributed by atoms with Crippen molar-refractivity contribution in [1.82, 2.24) is 29.0 Å². The number of nitrogens with one attached hydrogen (secondary N) is 1. The predicted molar refractivity (Wildman–Crippen MR) is 99.0 cm³/mol. The van der Waals surface area contributed by atoms with Crippen LogP contribution in [0, 0.1) is 11.3 Å².